The lowest BCUT2D eigenvalue weighted by atomic mass is 10.0. The lowest BCUT2D eigenvalue weighted by Gasteiger charge is -2.18. The number of anilines is 2. The average Bonchev–Trinajstić information content (AvgIpc) is 2.48. The summed E-state index contributed by atoms with van der Waals surface area (Å²) in [4.78, 5) is 9.39. The topological polar surface area (TPSA) is 49.8 Å². The molecule has 1 heterocycles. The Kier molecular flexibility index (Phi) is 7.48. The van der Waals surface area contributed by atoms with Crippen molar-refractivity contribution in [2.75, 3.05) is 23.7 Å². The van der Waals surface area contributed by atoms with E-state index in [0.717, 1.165) is 42.5 Å². The molecule has 0 aliphatic heterocycles. The SMILES string of the molecule is CCCNc1nc(C(C)C)nc(NCC(CC)CC)c1C. The third-order valence-electron chi connectivity index (χ3n) is 3.93. The van der Waals surface area contributed by atoms with E-state index in [2.05, 4.69) is 57.2 Å². The van der Waals surface area contributed by atoms with Gasteiger partial charge >= 0.3 is 0 Å². The van der Waals surface area contributed by atoms with E-state index in [1.165, 1.54) is 12.8 Å². The molecule has 0 radical (unpaired) electrons. The van der Waals surface area contributed by atoms with Crippen molar-refractivity contribution in [1.82, 2.24) is 9.97 Å². The zero-order valence-corrected chi connectivity index (χ0v) is 14.6. The van der Waals surface area contributed by atoms with Crippen LogP contribution in [0.15, 0.2) is 0 Å². The molecule has 0 aliphatic rings. The van der Waals surface area contributed by atoms with Gasteiger partial charge in [-0.25, -0.2) is 9.97 Å². The van der Waals surface area contributed by atoms with Crippen LogP contribution in [0.2, 0.25) is 0 Å². The van der Waals surface area contributed by atoms with E-state index < -0.39 is 0 Å². The first-order chi connectivity index (χ1) is 10.0. The zero-order valence-electron chi connectivity index (χ0n) is 14.6. The molecule has 0 bridgehead atoms. The average molecular weight is 292 g/mol. The number of aromatic nitrogens is 2. The highest BCUT2D eigenvalue weighted by molar-refractivity contribution is 5.57. The minimum absolute atomic E-state index is 0.335. The molecule has 1 aromatic heterocycles. The smallest absolute Gasteiger partial charge is 0.135 e. The maximum Gasteiger partial charge on any atom is 0.135 e. The third kappa shape index (κ3) is 5.18. The second-order valence-electron chi connectivity index (χ2n) is 6.05. The molecular weight excluding hydrogens is 260 g/mol. The van der Waals surface area contributed by atoms with E-state index in [1.807, 2.05) is 0 Å². The van der Waals surface area contributed by atoms with Crippen LogP contribution in [-0.2, 0) is 0 Å². The summed E-state index contributed by atoms with van der Waals surface area (Å²) in [6.45, 7) is 15.0. The van der Waals surface area contributed by atoms with Crippen molar-refractivity contribution in [3.8, 4) is 0 Å². The van der Waals surface area contributed by atoms with Gasteiger partial charge in [0.1, 0.15) is 17.5 Å². The first-order valence-corrected chi connectivity index (χ1v) is 8.39. The molecule has 0 amide bonds. The number of rotatable bonds is 9. The van der Waals surface area contributed by atoms with Gasteiger partial charge in [-0.3, -0.25) is 0 Å². The molecule has 0 aliphatic carbocycles. The molecule has 4 heteroatoms. The Balaban J connectivity index is 2.96. The van der Waals surface area contributed by atoms with Gasteiger partial charge in [-0.2, -0.15) is 0 Å². The Bertz CT molecular complexity index is 425. The van der Waals surface area contributed by atoms with Crippen LogP contribution >= 0.6 is 0 Å². The van der Waals surface area contributed by atoms with Crippen LogP contribution in [0.4, 0.5) is 11.6 Å². The van der Waals surface area contributed by atoms with Crippen LogP contribution in [0.1, 0.15) is 71.2 Å². The summed E-state index contributed by atoms with van der Waals surface area (Å²) in [5.41, 5.74) is 1.12. The Labute approximate surface area is 130 Å². The molecule has 0 fully saturated rings. The highest BCUT2D eigenvalue weighted by Gasteiger charge is 2.13. The van der Waals surface area contributed by atoms with Crippen molar-refractivity contribution in [3.63, 3.8) is 0 Å². The maximum atomic E-state index is 4.72. The summed E-state index contributed by atoms with van der Waals surface area (Å²) in [7, 11) is 0. The van der Waals surface area contributed by atoms with E-state index in [1.54, 1.807) is 0 Å². The standard InChI is InChI=1S/C17H32N4/c1-7-10-18-16-13(6)17(19-11-14(8-2)9-3)21-15(20-16)12(4)5/h12,14H,7-11H2,1-6H3,(H2,18,19,20,21). The predicted molar refractivity (Wildman–Crippen MR) is 92.2 cm³/mol. The second kappa shape index (κ2) is 8.85. The second-order valence-corrected chi connectivity index (χ2v) is 6.05. The van der Waals surface area contributed by atoms with Crippen LogP contribution in [0.3, 0.4) is 0 Å². The minimum atomic E-state index is 0.335. The fraction of sp³-hybridized carbons (Fsp3) is 0.765. The zero-order chi connectivity index (χ0) is 15.8. The van der Waals surface area contributed by atoms with Crippen molar-refractivity contribution in [2.45, 2.75) is 66.7 Å². The van der Waals surface area contributed by atoms with Crippen molar-refractivity contribution in [2.24, 2.45) is 5.92 Å². The van der Waals surface area contributed by atoms with Crippen LogP contribution < -0.4 is 10.6 Å². The maximum absolute atomic E-state index is 4.72. The van der Waals surface area contributed by atoms with E-state index in [4.69, 9.17) is 4.98 Å². The van der Waals surface area contributed by atoms with E-state index >= 15 is 0 Å². The molecule has 120 valence electrons. The first kappa shape index (κ1) is 17.7. The molecule has 0 aromatic carbocycles. The molecule has 0 saturated heterocycles. The monoisotopic (exact) mass is 292 g/mol. The van der Waals surface area contributed by atoms with Crippen molar-refractivity contribution < 1.29 is 0 Å². The molecule has 1 rings (SSSR count). The largest absolute Gasteiger partial charge is 0.370 e. The predicted octanol–water partition coefficient (Wildman–Crippen LogP) is 4.58. The van der Waals surface area contributed by atoms with Gasteiger partial charge in [-0.15, -0.1) is 0 Å². The summed E-state index contributed by atoms with van der Waals surface area (Å²) in [5, 5.41) is 6.96. The molecule has 21 heavy (non-hydrogen) atoms. The van der Waals surface area contributed by atoms with E-state index in [9.17, 15) is 0 Å². The minimum Gasteiger partial charge on any atom is -0.370 e. The Morgan fingerprint density at radius 3 is 2.00 bits per heavy atom. The number of hydrogen-bond acceptors (Lipinski definition) is 4. The molecule has 1 aromatic rings. The third-order valence-corrected chi connectivity index (χ3v) is 3.93. The van der Waals surface area contributed by atoms with Crippen LogP contribution in [0, 0.1) is 12.8 Å². The van der Waals surface area contributed by atoms with E-state index in [-0.39, 0.29) is 0 Å². The van der Waals surface area contributed by atoms with Gasteiger partial charge in [0.15, 0.2) is 0 Å². The molecule has 0 spiro atoms. The molecule has 0 unspecified atom stereocenters. The fourth-order valence-electron chi connectivity index (χ4n) is 2.20. The summed E-state index contributed by atoms with van der Waals surface area (Å²) < 4.78 is 0. The molecular formula is C17H32N4. The highest BCUT2D eigenvalue weighted by atomic mass is 15.1. The Hall–Kier alpha value is -1.32. The molecule has 2 N–H and O–H groups in total. The van der Waals surface area contributed by atoms with Crippen molar-refractivity contribution in [3.05, 3.63) is 11.4 Å². The number of hydrogen-bond donors (Lipinski definition) is 2. The van der Waals surface area contributed by atoms with E-state index in [0.29, 0.717) is 11.8 Å². The quantitative estimate of drug-likeness (QED) is 0.699. The van der Waals surface area contributed by atoms with Crippen LogP contribution in [0.25, 0.3) is 0 Å². The van der Waals surface area contributed by atoms with Crippen LogP contribution in [0.5, 0.6) is 0 Å². The summed E-state index contributed by atoms with van der Waals surface area (Å²) in [6, 6.07) is 0. The lowest BCUT2D eigenvalue weighted by Crippen LogP contribution is -2.17. The van der Waals surface area contributed by atoms with Gasteiger partial charge in [0.05, 0.1) is 0 Å². The number of nitrogens with zero attached hydrogens (tertiary/aromatic N) is 2. The fourth-order valence-corrected chi connectivity index (χ4v) is 2.20. The van der Waals surface area contributed by atoms with Crippen LogP contribution in [-0.4, -0.2) is 23.1 Å². The first-order valence-electron chi connectivity index (χ1n) is 8.39. The van der Waals surface area contributed by atoms with Gasteiger partial charge in [-0.1, -0.05) is 47.5 Å². The Morgan fingerprint density at radius 1 is 0.952 bits per heavy atom. The highest BCUT2D eigenvalue weighted by Crippen LogP contribution is 2.23. The molecule has 0 atom stereocenters. The lowest BCUT2D eigenvalue weighted by molar-refractivity contribution is 0.518. The van der Waals surface area contributed by atoms with Gasteiger partial charge in [0.2, 0.25) is 0 Å². The van der Waals surface area contributed by atoms with Gasteiger partial charge < -0.3 is 10.6 Å². The van der Waals surface area contributed by atoms with Crippen molar-refractivity contribution in [1.29, 1.82) is 0 Å². The molecule has 0 saturated carbocycles. The summed E-state index contributed by atoms with van der Waals surface area (Å²) >= 11 is 0. The van der Waals surface area contributed by atoms with Crippen molar-refractivity contribution >= 4 is 11.6 Å². The Morgan fingerprint density at radius 2 is 1.52 bits per heavy atom. The van der Waals surface area contributed by atoms with Gasteiger partial charge in [-0.05, 0) is 19.3 Å². The normalized spacial score (nSPS) is 11.2. The number of nitrogens with one attached hydrogen (secondary N) is 2. The summed E-state index contributed by atoms with van der Waals surface area (Å²) in [6.07, 6.45) is 3.49. The molecule has 4 nitrogen and oxygen atoms in total. The summed E-state index contributed by atoms with van der Waals surface area (Å²) in [5.74, 6) is 3.91. The van der Waals surface area contributed by atoms with Gasteiger partial charge in [0, 0.05) is 24.6 Å². The van der Waals surface area contributed by atoms with Gasteiger partial charge in [0.25, 0.3) is 0 Å².